The zero-order valence-electron chi connectivity index (χ0n) is 15.7. The van der Waals surface area contributed by atoms with Gasteiger partial charge < -0.3 is 9.80 Å². The lowest BCUT2D eigenvalue weighted by molar-refractivity contribution is -0.138. The molecule has 0 unspecified atom stereocenters. The molecule has 3 heterocycles. The highest BCUT2D eigenvalue weighted by atomic mass is 19.4. The Labute approximate surface area is 161 Å². The predicted molar refractivity (Wildman–Crippen MR) is 98.0 cm³/mol. The largest absolute Gasteiger partial charge is 0.417 e. The number of halogens is 3. The number of nitrogens with zero attached hydrogens (tertiary/aromatic N) is 5. The first-order valence-electron chi connectivity index (χ1n) is 9.86. The number of alkyl halides is 3. The van der Waals surface area contributed by atoms with Crippen LogP contribution in [0.3, 0.4) is 0 Å². The molecule has 1 aliphatic carbocycles. The highest BCUT2D eigenvalue weighted by Gasteiger charge is 2.32. The Bertz CT molecular complexity index is 836. The van der Waals surface area contributed by atoms with Crippen LogP contribution in [-0.2, 0) is 11.0 Å². The molecule has 1 aliphatic heterocycles. The fraction of sp³-hybridized carbons (Fsp3) is 0.632. The lowest BCUT2D eigenvalue weighted by atomic mass is 10.0. The van der Waals surface area contributed by atoms with Crippen molar-refractivity contribution >= 4 is 17.5 Å². The van der Waals surface area contributed by atoms with Gasteiger partial charge in [0.15, 0.2) is 5.65 Å². The number of hydrogen-bond donors (Lipinski definition) is 0. The van der Waals surface area contributed by atoms with E-state index < -0.39 is 11.7 Å². The first kappa shape index (κ1) is 19.0. The van der Waals surface area contributed by atoms with Crippen molar-refractivity contribution in [2.24, 2.45) is 5.92 Å². The van der Waals surface area contributed by atoms with E-state index in [2.05, 4.69) is 10.2 Å². The zero-order valence-corrected chi connectivity index (χ0v) is 15.7. The monoisotopic (exact) mass is 395 g/mol. The van der Waals surface area contributed by atoms with Gasteiger partial charge >= 0.3 is 6.18 Å². The number of amides is 1. The highest BCUT2D eigenvalue weighted by molar-refractivity contribution is 5.76. The number of fused-ring (bicyclic) bond motifs is 1. The fourth-order valence-electron chi connectivity index (χ4n) is 4.20. The van der Waals surface area contributed by atoms with Gasteiger partial charge in [0.25, 0.3) is 0 Å². The van der Waals surface area contributed by atoms with Crippen molar-refractivity contribution in [3.8, 4) is 0 Å². The molecule has 28 heavy (non-hydrogen) atoms. The first-order chi connectivity index (χ1) is 13.4. The maximum Gasteiger partial charge on any atom is 0.417 e. The van der Waals surface area contributed by atoms with Gasteiger partial charge in [-0.15, -0.1) is 10.2 Å². The standard InChI is InChI=1S/C19H24F3N5O/c20-19(21,22)15-6-7-16-23-24-18(27(16)13-15)26-11-9-25(10-12-26)17(28)8-5-14-3-1-2-4-14/h6-7,13-14H,1-5,8-12H2. The number of piperazine rings is 1. The third-order valence-corrected chi connectivity index (χ3v) is 5.87. The van der Waals surface area contributed by atoms with Gasteiger partial charge in [-0.3, -0.25) is 9.20 Å². The van der Waals surface area contributed by atoms with Gasteiger partial charge in [-0.2, -0.15) is 13.2 Å². The Hall–Kier alpha value is -2.32. The molecule has 2 aliphatic rings. The second-order valence-electron chi connectivity index (χ2n) is 7.70. The maximum absolute atomic E-state index is 13.0. The molecule has 0 spiro atoms. The van der Waals surface area contributed by atoms with Crippen LogP contribution in [0.2, 0.25) is 0 Å². The van der Waals surface area contributed by atoms with Crippen molar-refractivity contribution < 1.29 is 18.0 Å². The van der Waals surface area contributed by atoms with Crippen molar-refractivity contribution in [1.29, 1.82) is 0 Å². The Morgan fingerprint density at radius 2 is 1.79 bits per heavy atom. The number of carbonyl (C=O) groups excluding carboxylic acids is 1. The lowest BCUT2D eigenvalue weighted by Gasteiger charge is -2.35. The van der Waals surface area contributed by atoms with Gasteiger partial charge in [0.2, 0.25) is 11.9 Å². The Balaban J connectivity index is 1.38. The molecular formula is C19H24F3N5O. The van der Waals surface area contributed by atoms with Crippen LogP contribution in [0.25, 0.3) is 5.65 Å². The Morgan fingerprint density at radius 3 is 2.46 bits per heavy atom. The van der Waals surface area contributed by atoms with Gasteiger partial charge in [-0.05, 0) is 24.5 Å². The molecule has 0 aromatic carbocycles. The summed E-state index contributed by atoms with van der Waals surface area (Å²) in [7, 11) is 0. The molecule has 0 N–H and O–H groups in total. The van der Waals surface area contributed by atoms with E-state index in [1.165, 1.54) is 36.2 Å². The minimum atomic E-state index is -4.42. The summed E-state index contributed by atoms with van der Waals surface area (Å²) >= 11 is 0. The van der Waals surface area contributed by atoms with E-state index in [9.17, 15) is 18.0 Å². The van der Waals surface area contributed by atoms with Crippen LogP contribution in [0, 0.1) is 5.92 Å². The van der Waals surface area contributed by atoms with Gasteiger partial charge in [-0.25, -0.2) is 0 Å². The van der Waals surface area contributed by atoms with E-state index in [-0.39, 0.29) is 5.91 Å². The zero-order chi connectivity index (χ0) is 19.7. The number of carbonyl (C=O) groups is 1. The molecule has 9 heteroatoms. The Morgan fingerprint density at radius 1 is 1.07 bits per heavy atom. The molecule has 6 nitrogen and oxygen atoms in total. The second-order valence-corrected chi connectivity index (χ2v) is 7.70. The highest BCUT2D eigenvalue weighted by Crippen LogP contribution is 2.30. The van der Waals surface area contributed by atoms with E-state index in [1.807, 2.05) is 9.80 Å². The predicted octanol–water partition coefficient (Wildman–Crippen LogP) is 3.37. The summed E-state index contributed by atoms with van der Waals surface area (Å²) < 4.78 is 40.4. The summed E-state index contributed by atoms with van der Waals surface area (Å²) in [6, 6.07) is 2.33. The fourth-order valence-corrected chi connectivity index (χ4v) is 4.20. The van der Waals surface area contributed by atoms with Crippen LogP contribution in [-0.4, -0.2) is 51.6 Å². The van der Waals surface area contributed by atoms with Crippen molar-refractivity contribution in [1.82, 2.24) is 19.5 Å². The average Bonchev–Trinajstić information content (AvgIpc) is 3.34. The summed E-state index contributed by atoms with van der Waals surface area (Å²) in [5.41, 5.74) is -0.361. The summed E-state index contributed by atoms with van der Waals surface area (Å²) in [5, 5.41) is 8.04. The number of pyridine rings is 1. The van der Waals surface area contributed by atoms with Gasteiger partial charge in [0.05, 0.1) is 5.56 Å². The van der Waals surface area contributed by atoms with Crippen LogP contribution >= 0.6 is 0 Å². The van der Waals surface area contributed by atoms with Crippen LogP contribution in [0.5, 0.6) is 0 Å². The Kier molecular flexibility index (Phi) is 5.16. The number of hydrogen-bond acceptors (Lipinski definition) is 4. The van der Waals surface area contributed by atoms with E-state index in [1.54, 1.807) is 0 Å². The molecule has 1 amide bonds. The smallest absolute Gasteiger partial charge is 0.339 e. The van der Waals surface area contributed by atoms with Crippen LogP contribution in [0.1, 0.15) is 44.1 Å². The number of rotatable bonds is 4. The van der Waals surface area contributed by atoms with Crippen molar-refractivity contribution in [3.63, 3.8) is 0 Å². The molecule has 1 saturated heterocycles. The normalized spacial score (nSPS) is 19.0. The van der Waals surface area contributed by atoms with Gasteiger partial charge in [0.1, 0.15) is 0 Å². The van der Waals surface area contributed by atoms with Gasteiger partial charge in [0, 0.05) is 38.8 Å². The van der Waals surface area contributed by atoms with Crippen LogP contribution < -0.4 is 4.90 Å². The van der Waals surface area contributed by atoms with Crippen LogP contribution in [0.15, 0.2) is 18.3 Å². The lowest BCUT2D eigenvalue weighted by Crippen LogP contribution is -2.49. The minimum Gasteiger partial charge on any atom is -0.339 e. The van der Waals surface area contributed by atoms with Crippen LogP contribution in [0.4, 0.5) is 19.1 Å². The molecule has 2 fully saturated rings. The second kappa shape index (κ2) is 7.60. The quantitative estimate of drug-likeness (QED) is 0.797. The molecular weight excluding hydrogens is 371 g/mol. The molecule has 2 aromatic heterocycles. The third kappa shape index (κ3) is 3.93. The molecule has 1 saturated carbocycles. The van der Waals surface area contributed by atoms with Gasteiger partial charge in [-0.1, -0.05) is 25.7 Å². The van der Waals surface area contributed by atoms with E-state index in [0.717, 1.165) is 18.7 Å². The molecule has 2 aromatic rings. The molecule has 0 bridgehead atoms. The SMILES string of the molecule is O=C(CCC1CCCC1)N1CCN(c2nnc3ccc(C(F)(F)F)cn23)CC1. The van der Waals surface area contributed by atoms with E-state index in [0.29, 0.717) is 50.1 Å². The molecule has 152 valence electrons. The third-order valence-electron chi connectivity index (χ3n) is 5.87. The summed E-state index contributed by atoms with van der Waals surface area (Å²) in [6.45, 7) is 2.17. The molecule has 0 atom stereocenters. The summed E-state index contributed by atoms with van der Waals surface area (Å²) in [5.74, 6) is 1.26. The van der Waals surface area contributed by atoms with Crippen molar-refractivity contribution in [2.75, 3.05) is 31.1 Å². The van der Waals surface area contributed by atoms with E-state index >= 15 is 0 Å². The minimum absolute atomic E-state index is 0.178. The van der Waals surface area contributed by atoms with E-state index in [4.69, 9.17) is 0 Å². The first-order valence-corrected chi connectivity index (χ1v) is 9.86. The number of aromatic nitrogens is 3. The molecule has 0 radical (unpaired) electrons. The summed E-state index contributed by atoms with van der Waals surface area (Å²) in [6.07, 6.45) is 3.20. The summed E-state index contributed by atoms with van der Waals surface area (Å²) in [4.78, 5) is 16.2. The maximum atomic E-state index is 13.0. The number of anilines is 1. The molecule has 4 rings (SSSR count). The topological polar surface area (TPSA) is 53.7 Å². The van der Waals surface area contributed by atoms with Crippen molar-refractivity contribution in [2.45, 2.75) is 44.7 Å². The average molecular weight is 395 g/mol. The van der Waals surface area contributed by atoms with Crippen molar-refractivity contribution in [3.05, 3.63) is 23.9 Å².